The Bertz CT molecular complexity index is 779. The van der Waals surface area contributed by atoms with E-state index in [1.54, 1.807) is 13.0 Å². The third kappa shape index (κ3) is 3.38. The van der Waals surface area contributed by atoms with Crippen molar-refractivity contribution in [3.05, 3.63) is 59.3 Å². The summed E-state index contributed by atoms with van der Waals surface area (Å²) in [5.74, 6) is 0.943. The molecular weight excluding hydrogens is 300 g/mol. The van der Waals surface area contributed by atoms with E-state index < -0.39 is 0 Å². The number of rotatable bonds is 3. The summed E-state index contributed by atoms with van der Waals surface area (Å²) in [6.45, 7) is 5.05. The number of nitrogens with one attached hydrogen (secondary N) is 1. The van der Waals surface area contributed by atoms with Crippen LogP contribution >= 0.6 is 0 Å². The topological polar surface area (TPSA) is 69.0 Å². The Morgan fingerprint density at radius 1 is 1.25 bits per heavy atom. The van der Waals surface area contributed by atoms with Gasteiger partial charge in [0.25, 0.3) is 0 Å². The minimum Gasteiger partial charge on any atom is -0.354 e. The number of carbonyl (C=O) groups excluding carboxylic acids is 1. The van der Waals surface area contributed by atoms with Gasteiger partial charge in [-0.3, -0.25) is 4.79 Å². The second kappa shape index (κ2) is 6.71. The van der Waals surface area contributed by atoms with Crippen molar-refractivity contribution in [2.75, 3.05) is 18.0 Å². The summed E-state index contributed by atoms with van der Waals surface area (Å²) in [7, 11) is 0. The lowest BCUT2D eigenvalue weighted by atomic mass is 9.93. The van der Waals surface area contributed by atoms with Gasteiger partial charge in [-0.15, -0.1) is 0 Å². The number of aryl methyl sites for hydroxylation is 1. The monoisotopic (exact) mass is 320 g/mol. The van der Waals surface area contributed by atoms with Crippen LogP contribution in [0.2, 0.25) is 0 Å². The summed E-state index contributed by atoms with van der Waals surface area (Å²) in [6, 6.07) is 16.0. The maximum atomic E-state index is 11.6. The number of anilines is 1. The van der Waals surface area contributed by atoms with E-state index >= 15 is 0 Å². The highest BCUT2D eigenvalue weighted by molar-refractivity contribution is 5.73. The summed E-state index contributed by atoms with van der Waals surface area (Å²) >= 11 is 0. The van der Waals surface area contributed by atoms with Gasteiger partial charge in [0.15, 0.2) is 0 Å². The SMILES string of the molecule is CC(=O)N[C@@H]1CN(c2cccc(C#N)n2)C[C@H]1c1ccc(C)cc1. The average Bonchev–Trinajstić information content (AvgIpc) is 2.99. The number of hydrogen-bond acceptors (Lipinski definition) is 4. The van der Waals surface area contributed by atoms with Gasteiger partial charge in [-0.2, -0.15) is 5.26 Å². The number of hydrogen-bond donors (Lipinski definition) is 1. The first-order chi connectivity index (χ1) is 11.6. The molecule has 1 N–H and O–H groups in total. The largest absolute Gasteiger partial charge is 0.354 e. The summed E-state index contributed by atoms with van der Waals surface area (Å²) in [5.41, 5.74) is 2.83. The Kier molecular flexibility index (Phi) is 4.48. The molecule has 2 atom stereocenters. The van der Waals surface area contributed by atoms with E-state index in [-0.39, 0.29) is 17.9 Å². The molecule has 1 aromatic heterocycles. The molecule has 5 nitrogen and oxygen atoms in total. The van der Waals surface area contributed by atoms with Crippen LogP contribution in [-0.4, -0.2) is 30.0 Å². The molecule has 5 heteroatoms. The van der Waals surface area contributed by atoms with Crippen molar-refractivity contribution in [3.63, 3.8) is 0 Å². The first-order valence-electron chi connectivity index (χ1n) is 8.02. The lowest BCUT2D eigenvalue weighted by molar-refractivity contribution is -0.119. The van der Waals surface area contributed by atoms with E-state index in [0.29, 0.717) is 12.2 Å². The molecule has 0 bridgehead atoms. The number of carbonyl (C=O) groups is 1. The minimum atomic E-state index is -0.0299. The van der Waals surface area contributed by atoms with Gasteiger partial charge in [-0.1, -0.05) is 35.9 Å². The van der Waals surface area contributed by atoms with Crippen molar-refractivity contribution in [3.8, 4) is 6.07 Å². The highest BCUT2D eigenvalue weighted by Crippen LogP contribution is 2.30. The van der Waals surface area contributed by atoms with E-state index in [2.05, 4.69) is 52.5 Å². The van der Waals surface area contributed by atoms with E-state index in [0.717, 1.165) is 12.4 Å². The normalized spacial score (nSPS) is 19.8. The van der Waals surface area contributed by atoms with Crippen molar-refractivity contribution in [2.45, 2.75) is 25.8 Å². The smallest absolute Gasteiger partial charge is 0.217 e. The first-order valence-corrected chi connectivity index (χ1v) is 8.02. The number of pyridine rings is 1. The molecule has 1 aromatic carbocycles. The van der Waals surface area contributed by atoms with Crippen LogP contribution < -0.4 is 10.2 Å². The van der Waals surface area contributed by atoms with Crippen LogP contribution in [0.5, 0.6) is 0 Å². The molecule has 24 heavy (non-hydrogen) atoms. The molecule has 2 heterocycles. The van der Waals surface area contributed by atoms with E-state index in [4.69, 9.17) is 5.26 Å². The zero-order valence-electron chi connectivity index (χ0n) is 13.9. The van der Waals surface area contributed by atoms with E-state index in [9.17, 15) is 4.79 Å². The predicted molar refractivity (Wildman–Crippen MR) is 92.7 cm³/mol. The van der Waals surface area contributed by atoms with E-state index in [1.807, 2.05) is 12.1 Å². The molecule has 0 spiro atoms. The van der Waals surface area contributed by atoms with Crippen LogP contribution in [-0.2, 0) is 4.79 Å². The molecule has 3 rings (SSSR count). The van der Waals surface area contributed by atoms with Crippen LogP contribution in [0.25, 0.3) is 0 Å². The van der Waals surface area contributed by atoms with Crippen molar-refractivity contribution in [1.29, 1.82) is 5.26 Å². The van der Waals surface area contributed by atoms with Crippen LogP contribution in [0.15, 0.2) is 42.5 Å². The van der Waals surface area contributed by atoms with Gasteiger partial charge in [-0.05, 0) is 24.6 Å². The minimum absolute atomic E-state index is 0.0257. The molecule has 0 aliphatic carbocycles. The molecule has 0 saturated carbocycles. The maximum Gasteiger partial charge on any atom is 0.217 e. The van der Waals surface area contributed by atoms with Gasteiger partial charge in [-0.25, -0.2) is 4.98 Å². The molecular formula is C19H20N4O. The summed E-state index contributed by atoms with van der Waals surface area (Å²) < 4.78 is 0. The third-order valence-electron chi connectivity index (χ3n) is 4.39. The second-order valence-electron chi connectivity index (χ2n) is 6.22. The van der Waals surface area contributed by atoms with Crippen LogP contribution in [0.3, 0.4) is 0 Å². The maximum absolute atomic E-state index is 11.6. The molecule has 122 valence electrons. The summed E-state index contributed by atoms with van der Waals surface area (Å²) in [4.78, 5) is 18.1. The van der Waals surface area contributed by atoms with Gasteiger partial charge in [0.1, 0.15) is 17.6 Å². The molecule has 0 radical (unpaired) electrons. The van der Waals surface area contributed by atoms with Crippen LogP contribution in [0.1, 0.15) is 29.7 Å². The van der Waals surface area contributed by atoms with Gasteiger partial charge in [0.2, 0.25) is 5.91 Å². The molecule has 1 amide bonds. The zero-order valence-corrected chi connectivity index (χ0v) is 13.9. The first kappa shape index (κ1) is 16.0. The van der Waals surface area contributed by atoms with E-state index in [1.165, 1.54) is 11.1 Å². The van der Waals surface area contributed by atoms with Crippen molar-refractivity contribution >= 4 is 11.7 Å². The molecule has 2 aromatic rings. The van der Waals surface area contributed by atoms with Gasteiger partial charge in [0.05, 0.1) is 6.04 Å². The van der Waals surface area contributed by atoms with Crippen molar-refractivity contribution in [1.82, 2.24) is 10.3 Å². The lowest BCUT2D eigenvalue weighted by Gasteiger charge is -2.19. The van der Waals surface area contributed by atoms with Gasteiger partial charge < -0.3 is 10.2 Å². The molecule has 1 fully saturated rings. The fourth-order valence-electron chi connectivity index (χ4n) is 3.21. The highest BCUT2D eigenvalue weighted by Gasteiger charge is 2.35. The number of nitriles is 1. The number of benzene rings is 1. The predicted octanol–water partition coefficient (Wildman–Crippen LogP) is 2.37. The van der Waals surface area contributed by atoms with Gasteiger partial charge in [0, 0.05) is 25.9 Å². The van der Waals surface area contributed by atoms with Crippen molar-refractivity contribution < 1.29 is 4.79 Å². The van der Waals surface area contributed by atoms with Crippen LogP contribution in [0.4, 0.5) is 5.82 Å². The van der Waals surface area contributed by atoms with Crippen molar-refractivity contribution in [2.24, 2.45) is 0 Å². The van der Waals surface area contributed by atoms with Gasteiger partial charge >= 0.3 is 0 Å². The Hall–Kier alpha value is -2.87. The molecule has 0 unspecified atom stereocenters. The lowest BCUT2D eigenvalue weighted by Crippen LogP contribution is -2.38. The highest BCUT2D eigenvalue weighted by atomic mass is 16.1. The Morgan fingerprint density at radius 3 is 2.67 bits per heavy atom. The standard InChI is InChI=1S/C19H20N4O/c1-13-6-8-15(9-7-13)17-11-23(12-18(17)21-14(2)24)19-5-3-4-16(10-20)22-19/h3-9,17-18H,11-12H2,1-2H3,(H,21,24)/t17-,18+/m0/s1. The summed E-state index contributed by atoms with van der Waals surface area (Å²) in [6.07, 6.45) is 0. The Labute approximate surface area is 141 Å². The zero-order chi connectivity index (χ0) is 17.1. The summed E-state index contributed by atoms with van der Waals surface area (Å²) in [5, 5.41) is 12.1. The molecule has 1 aliphatic rings. The Morgan fingerprint density at radius 2 is 2.00 bits per heavy atom. The fourth-order valence-corrected chi connectivity index (χ4v) is 3.21. The molecule has 1 saturated heterocycles. The molecule has 1 aliphatic heterocycles. The Balaban J connectivity index is 1.88. The number of amides is 1. The quantitative estimate of drug-likeness (QED) is 0.942. The third-order valence-corrected chi connectivity index (χ3v) is 4.39. The van der Waals surface area contributed by atoms with Crippen LogP contribution in [0, 0.1) is 18.3 Å². The average molecular weight is 320 g/mol. The fraction of sp³-hybridized carbons (Fsp3) is 0.316. The second-order valence-corrected chi connectivity index (χ2v) is 6.22. The number of aromatic nitrogens is 1. The number of nitrogens with zero attached hydrogens (tertiary/aromatic N) is 3.